The van der Waals surface area contributed by atoms with Crippen molar-refractivity contribution >= 4 is 27.2 Å². The molecule has 1 aliphatic rings. The summed E-state index contributed by atoms with van der Waals surface area (Å²) in [5.74, 6) is 0.645. The Labute approximate surface area is 160 Å². The summed E-state index contributed by atoms with van der Waals surface area (Å²) >= 11 is 1.59. The van der Waals surface area contributed by atoms with Crippen molar-refractivity contribution < 1.29 is 4.39 Å². The Bertz CT molecular complexity index is 1170. The van der Waals surface area contributed by atoms with Crippen LogP contribution in [0.4, 0.5) is 4.39 Å². The van der Waals surface area contributed by atoms with Crippen LogP contribution in [0.15, 0.2) is 24.4 Å². The zero-order chi connectivity index (χ0) is 18.7. The van der Waals surface area contributed by atoms with Crippen LogP contribution in [0.3, 0.4) is 0 Å². The first-order chi connectivity index (χ1) is 13.0. The van der Waals surface area contributed by atoms with Gasteiger partial charge in [-0.2, -0.15) is 5.10 Å². The second-order valence-electron chi connectivity index (χ2n) is 7.43. The molecule has 1 fully saturated rings. The minimum atomic E-state index is -0.287. The molecule has 0 amide bonds. The molecule has 1 aliphatic heterocycles. The molecule has 4 aromatic rings. The third-order valence-corrected chi connectivity index (χ3v) is 6.60. The Balaban J connectivity index is 1.61. The maximum Gasteiger partial charge on any atom is 0.156 e. The van der Waals surface area contributed by atoms with Gasteiger partial charge in [-0.15, -0.1) is 11.3 Å². The molecule has 5 rings (SSSR count). The van der Waals surface area contributed by atoms with Gasteiger partial charge < -0.3 is 5.32 Å². The summed E-state index contributed by atoms with van der Waals surface area (Å²) in [5.41, 5.74) is 4.74. The van der Waals surface area contributed by atoms with E-state index in [4.69, 9.17) is 0 Å². The molecule has 0 bridgehead atoms. The monoisotopic (exact) mass is 381 g/mol. The summed E-state index contributed by atoms with van der Waals surface area (Å²) in [7, 11) is 0. The maximum absolute atomic E-state index is 14.8. The van der Waals surface area contributed by atoms with Crippen LogP contribution in [-0.4, -0.2) is 32.7 Å². The van der Waals surface area contributed by atoms with Gasteiger partial charge in [0.25, 0.3) is 0 Å². The Morgan fingerprint density at radius 2 is 2.04 bits per heavy atom. The molecule has 3 aromatic heterocycles. The molecule has 0 radical (unpaired) electrons. The Morgan fingerprint density at radius 3 is 2.78 bits per heavy atom. The number of hydrogen-bond acceptors (Lipinski definition) is 5. The van der Waals surface area contributed by atoms with Gasteiger partial charge in [0, 0.05) is 11.5 Å². The van der Waals surface area contributed by atoms with E-state index in [2.05, 4.69) is 27.3 Å². The average molecular weight is 381 g/mol. The van der Waals surface area contributed by atoms with Crippen LogP contribution in [0.25, 0.3) is 27.1 Å². The predicted octanol–water partition coefficient (Wildman–Crippen LogP) is 4.08. The van der Waals surface area contributed by atoms with Gasteiger partial charge in [0.05, 0.1) is 27.3 Å². The molecule has 4 heterocycles. The van der Waals surface area contributed by atoms with Crippen molar-refractivity contribution in [2.24, 2.45) is 5.92 Å². The van der Waals surface area contributed by atoms with Crippen molar-refractivity contribution in [1.82, 2.24) is 24.9 Å². The smallest absolute Gasteiger partial charge is 0.156 e. The molecule has 138 valence electrons. The number of aryl methyl sites for hydroxylation is 2. The van der Waals surface area contributed by atoms with E-state index >= 15 is 0 Å². The van der Waals surface area contributed by atoms with Gasteiger partial charge in [-0.1, -0.05) is 6.92 Å². The van der Waals surface area contributed by atoms with Gasteiger partial charge in [-0.25, -0.2) is 18.9 Å². The van der Waals surface area contributed by atoms with Crippen LogP contribution in [0.1, 0.15) is 29.1 Å². The van der Waals surface area contributed by atoms with Gasteiger partial charge in [-0.05, 0) is 56.6 Å². The van der Waals surface area contributed by atoms with Crippen LogP contribution >= 0.6 is 11.3 Å². The lowest BCUT2D eigenvalue weighted by molar-refractivity contribution is 0.303. The number of halogens is 1. The Kier molecular flexibility index (Phi) is 3.77. The summed E-state index contributed by atoms with van der Waals surface area (Å²) in [6.45, 7) is 8.15. The van der Waals surface area contributed by atoms with Crippen molar-refractivity contribution in [3.63, 3.8) is 0 Å². The third-order valence-electron chi connectivity index (χ3n) is 5.40. The highest BCUT2D eigenvalue weighted by Gasteiger charge is 2.27. The van der Waals surface area contributed by atoms with Crippen LogP contribution in [0, 0.1) is 25.6 Å². The van der Waals surface area contributed by atoms with Gasteiger partial charge in [0.2, 0.25) is 0 Å². The van der Waals surface area contributed by atoms with E-state index in [1.165, 1.54) is 0 Å². The SMILES string of the molecule is Cc1cn2nc(-c3cc(F)c4nc(C(C)C5CNC5)sc4c3)cc(C)c2n1. The average Bonchev–Trinajstić information content (AvgIpc) is 3.16. The molecule has 0 saturated carbocycles. The fourth-order valence-corrected chi connectivity index (χ4v) is 4.77. The number of aromatic nitrogens is 4. The van der Waals surface area contributed by atoms with Crippen LogP contribution < -0.4 is 5.32 Å². The van der Waals surface area contributed by atoms with E-state index in [0.717, 1.165) is 51.0 Å². The number of thiazole rings is 1. The summed E-state index contributed by atoms with van der Waals surface area (Å²) in [4.78, 5) is 9.08. The molecule has 1 atom stereocenters. The van der Waals surface area contributed by atoms with Crippen LogP contribution in [0.2, 0.25) is 0 Å². The second-order valence-corrected chi connectivity index (χ2v) is 8.49. The first-order valence-electron chi connectivity index (χ1n) is 9.14. The standard InChI is InChI=1S/C20H20FN5S/c1-10-4-16(25-26-9-11(2)23-19(10)26)13-5-15(21)18-17(6-13)27-20(24-18)12(3)14-7-22-8-14/h4-6,9,12,14,22H,7-8H2,1-3H3. The lowest BCUT2D eigenvalue weighted by Crippen LogP contribution is -2.44. The Hall–Kier alpha value is -2.38. The molecule has 0 spiro atoms. The zero-order valence-corrected chi connectivity index (χ0v) is 16.3. The predicted molar refractivity (Wildman–Crippen MR) is 106 cm³/mol. The van der Waals surface area contributed by atoms with Gasteiger partial charge >= 0.3 is 0 Å². The third kappa shape index (κ3) is 2.73. The molecule has 7 heteroatoms. The van der Waals surface area contributed by atoms with Gasteiger partial charge in [0.15, 0.2) is 11.5 Å². The fourth-order valence-electron chi connectivity index (χ4n) is 3.60. The quantitative estimate of drug-likeness (QED) is 0.581. The highest BCUT2D eigenvalue weighted by molar-refractivity contribution is 7.18. The summed E-state index contributed by atoms with van der Waals surface area (Å²) < 4.78 is 17.5. The van der Waals surface area contributed by atoms with E-state index in [-0.39, 0.29) is 5.82 Å². The fraction of sp³-hybridized carbons (Fsp3) is 0.350. The topological polar surface area (TPSA) is 55.1 Å². The first-order valence-corrected chi connectivity index (χ1v) is 9.96. The highest BCUT2D eigenvalue weighted by Crippen LogP contribution is 2.36. The zero-order valence-electron chi connectivity index (χ0n) is 15.5. The lowest BCUT2D eigenvalue weighted by atomic mass is 9.89. The molecular weight excluding hydrogens is 361 g/mol. The summed E-state index contributed by atoms with van der Waals surface area (Å²) in [5, 5.41) is 8.94. The number of rotatable bonds is 3. The molecule has 1 N–H and O–H groups in total. The van der Waals surface area contributed by atoms with Crippen molar-refractivity contribution in [2.45, 2.75) is 26.7 Å². The van der Waals surface area contributed by atoms with E-state index in [0.29, 0.717) is 17.4 Å². The number of fused-ring (bicyclic) bond motifs is 2. The first kappa shape index (κ1) is 16.8. The van der Waals surface area contributed by atoms with E-state index in [1.807, 2.05) is 32.2 Å². The van der Waals surface area contributed by atoms with Gasteiger partial charge in [-0.3, -0.25) is 0 Å². The molecule has 1 aromatic carbocycles. The Morgan fingerprint density at radius 1 is 1.22 bits per heavy atom. The number of hydrogen-bond donors (Lipinski definition) is 1. The molecule has 1 saturated heterocycles. The molecule has 0 aliphatic carbocycles. The summed E-state index contributed by atoms with van der Waals surface area (Å²) in [6, 6.07) is 5.51. The van der Waals surface area contributed by atoms with Crippen molar-refractivity contribution in [3.05, 3.63) is 46.5 Å². The summed E-state index contributed by atoms with van der Waals surface area (Å²) in [6.07, 6.45) is 1.89. The molecule has 27 heavy (non-hydrogen) atoms. The lowest BCUT2D eigenvalue weighted by Gasteiger charge is -2.31. The normalized spacial score (nSPS) is 16.1. The number of nitrogens with zero attached hydrogens (tertiary/aromatic N) is 4. The van der Waals surface area contributed by atoms with Crippen LogP contribution in [-0.2, 0) is 0 Å². The van der Waals surface area contributed by atoms with Crippen molar-refractivity contribution in [2.75, 3.05) is 13.1 Å². The van der Waals surface area contributed by atoms with Gasteiger partial charge in [0.1, 0.15) is 5.52 Å². The maximum atomic E-state index is 14.8. The molecule has 1 unspecified atom stereocenters. The molecular formula is C20H20FN5S. The van der Waals surface area contributed by atoms with Crippen LogP contribution in [0.5, 0.6) is 0 Å². The van der Waals surface area contributed by atoms with E-state index in [1.54, 1.807) is 21.9 Å². The highest BCUT2D eigenvalue weighted by atomic mass is 32.1. The molecule has 5 nitrogen and oxygen atoms in total. The van der Waals surface area contributed by atoms with Crippen molar-refractivity contribution in [3.8, 4) is 11.3 Å². The second kappa shape index (κ2) is 6.07. The number of benzene rings is 1. The minimum Gasteiger partial charge on any atom is -0.316 e. The largest absolute Gasteiger partial charge is 0.316 e. The van der Waals surface area contributed by atoms with Crippen molar-refractivity contribution in [1.29, 1.82) is 0 Å². The van der Waals surface area contributed by atoms with E-state index in [9.17, 15) is 4.39 Å². The van der Waals surface area contributed by atoms with E-state index < -0.39 is 0 Å². The number of imidazole rings is 1. The number of nitrogens with one attached hydrogen (secondary N) is 1. The minimum absolute atomic E-state index is 0.287.